The molecule has 0 aliphatic heterocycles. The smallest absolute Gasteiger partial charge is 0.131 e. The summed E-state index contributed by atoms with van der Waals surface area (Å²) in [5.41, 5.74) is 0. The Morgan fingerprint density at radius 1 is 0.667 bits per heavy atom. The van der Waals surface area contributed by atoms with Gasteiger partial charge < -0.3 is 19.3 Å². The van der Waals surface area contributed by atoms with Crippen molar-refractivity contribution in [1.82, 2.24) is 0 Å². The van der Waals surface area contributed by atoms with Gasteiger partial charge in [-0.2, -0.15) is 0 Å². The summed E-state index contributed by atoms with van der Waals surface area (Å²) < 4.78 is 17.2. The van der Waals surface area contributed by atoms with Gasteiger partial charge in [0.1, 0.15) is 34.5 Å². The summed E-state index contributed by atoms with van der Waals surface area (Å²) in [5, 5.41) is 9.31. The fraction of sp³-hybridized carbons (Fsp3) is 0.217. The standard InChI is InChI=1S/C21H20O4.C2H6/c1-2-14-23-17-10-12-19(13-11-17)25-21-5-3-4-20(15-21)24-18-8-6-16(22)7-9-18;1-2/h3-13,15,22H,2,14H2,1H3;1-2H3. The van der Waals surface area contributed by atoms with E-state index in [1.54, 1.807) is 24.3 Å². The number of ether oxygens (including phenoxy) is 3. The zero-order valence-electron chi connectivity index (χ0n) is 16.0. The van der Waals surface area contributed by atoms with E-state index < -0.39 is 0 Å². The number of rotatable bonds is 7. The van der Waals surface area contributed by atoms with E-state index in [9.17, 15) is 5.11 Å². The van der Waals surface area contributed by atoms with E-state index in [1.807, 2.05) is 62.4 Å². The Morgan fingerprint density at radius 2 is 1.15 bits per heavy atom. The number of phenols is 1. The molecule has 1 N–H and O–H groups in total. The van der Waals surface area contributed by atoms with Gasteiger partial charge in [-0.3, -0.25) is 0 Å². The van der Waals surface area contributed by atoms with Crippen LogP contribution in [0.2, 0.25) is 0 Å². The van der Waals surface area contributed by atoms with Gasteiger partial charge in [-0.15, -0.1) is 0 Å². The summed E-state index contributed by atoms with van der Waals surface area (Å²) in [6.07, 6.45) is 0.978. The Hall–Kier alpha value is -3.14. The van der Waals surface area contributed by atoms with Crippen molar-refractivity contribution in [1.29, 1.82) is 0 Å². The van der Waals surface area contributed by atoms with Crippen LogP contribution in [0.4, 0.5) is 0 Å². The lowest BCUT2D eigenvalue weighted by Gasteiger charge is -2.10. The van der Waals surface area contributed by atoms with Crippen LogP contribution in [-0.2, 0) is 0 Å². The quantitative estimate of drug-likeness (QED) is 0.500. The molecular weight excluding hydrogens is 340 g/mol. The molecule has 0 aliphatic carbocycles. The third-order valence-corrected chi connectivity index (χ3v) is 3.41. The summed E-state index contributed by atoms with van der Waals surface area (Å²) in [6, 6.07) is 21.5. The lowest BCUT2D eigenvalue weighted by molar-refractivity contribution is 0.317. The minimum atomic E-state index is 0.204. The van der Waals surface area contributed by atoms with Crippen LogP contribution in [0.15, 0.2) is 72.8 Å². The molecule has 3 rings (SSSR count). The highest BCUT2D eigenvalue weighted by Gasteiger charge is 2.03. The van der Waals surface area contributed by atoms with Crippen molar-refractivity contribution in [3.63, 3.8) is 0 Å². The first-order chi connectivity index (χ1) is 13.2. The molecule has 0 heterocycles. The van der Waals surface area contributed by atoms with Crippen molar-refractivity contribution in [3.05, 3.63) is 72.8 Å². The lowest BCUT2D eigenvalue weighted by Crippen LogP contribution is -1.94. The average Bonchev–Trinajstić information content (AvgIpc) is 2.71. The highest BCUT2D eigenvalue weighted by Crippen LogP contribution is 2.29. The Labute approximate surface area is 161 Å². The van der Waals surface area contributed by atoms with Crippen LogP contribution in [0, 0.1) is 0 Å². The molecule has 4 nitrogen and oxygen atoms in total. The molecule has 0 atom stereocenters. The zero-order chi connectivity index (χ0) is 19.5. The van der Waals surface area contributed by atoms with E-state index in [0.717, 1.165) is 17.9 Å². The number of hydrogen-bond acceptors (Lipinski definition) is 4. The first kappa shape index (κ1) is 20.2. The van der Waals surface area contributed by atoms with Crippen molar-refractivity contribution in [2.24, 2.45) is 0 Å². The maximum absolute atomic E-state index is 9.31. The summed E-state index contributed by atoms with van der Waals surface area (Å²) in [5.74, 6) is 3.75. The zero-order valence-corrected chi connectivity index (χ0v) is 16.0. The molecule has 0 spiro atoms. The molecule has 0 radical (unpaired) electrons. The van der Waals surface area contributed by atoms with Crippen molar-refractivity contribution in [2.45, 2.75) is 27.2 Å². The highest BCUT2D eigenvalue weighted by atomic mass is 16.5. The van der Waals surface area contributed by atoms with Gasteiger partial charge in [-0.05, 0) is 67.1 Å². The Morgan fingerprint density at radius 3 is 1.67 bits per heavy atom. The third kappa shape index (κ3) is 6.59. The maximum Gasteiger partial charge on any atom is 0.131 e. The molecule has 0 fully saturated rings. The van der Waals surface area contributed by atoms with E-state index >= 15 is 0 Å². The van der Waals surface area contributed by atoms with Gasteiger partial charge in [0, 0.05) is 6.07 Å². The Bertz CT molecular complexity index is 795. The molecule has 4 heteroatoms. The van der Waals surface area contributed by atoms with E-state index in [1.165, 1.54) is 0 Å². The molecule has 0 aliphatic rings. The van der Waals surface area contributed by atoms with Crippen molar-refractivity contribution in [2.75, 3.05) is 6.61 Å². The van der Waals surface area contributed by atoms with Crippen LogP contribution in [-0.4, -0.2) is 11.7 Å². The molecule has 142 valence electrons. The van der Waals surface area contributed by atoms with Crippen LogP contribution in [0.1, 0.15) is 27.2 Å². The molecule has 0 aromatic heterocycles. The fourth-order valence-corrected chi connectivity index (χ4v) is 2.21. The van der Waals surface area contributed by atoms with E-state index in [4.69, 9.17) is 14.2 Å². The van der Waals surface area contributed by atoms with Crippen LogP contribution < -0.4 is 14.2 Å². The van der Waals surface area contributed by atoms with Gasteiger partial charge in [0.15, 0.2) is 0 Å². The molecule has 3 aromatic rings. The summed E-state index contributed by atoms with van der Waals surface area (Å²) in [7, 11) is 0. The highest BCUT2D eigenvalue weighted by molar-refractivity contribution is 5.41. The molecule has 3 aromatic carbocycles. The van der Waals surface area contributed by atoms with Crippen molar-refractivity contribution in [3.8, 4) is 34.5 Å². The third-order valence-electron chi connectivity index (χ3n) is 3.41. The average molecular weight is 366 g/mol. The maximum atomic E-state index is 9.31. The van der Waals surface area contributed by atoms with Crippen LogP contribution in [0.25, 0.3) is 0 Å². The minimum Gasteiger partial charge on any atom is -0.508 e. The number of hydrogen-bond donors (Lipinski definition) is 1. The van der Waals surface area contributed by atoms with Crippen molar-refractivity contribution < 1.29 is 19.3 Å². The lowest BCUT2D eigenvalue weighted by atomic mass is 10.3. The second kappa shape index (κ2) is 10.8. The predicted molar refractivity (Wildman–Crippen MR) is 108 cm³/mol. The number of phenolic OH excluding ortho intramolecular Hbond substituents is 1. The predicted octanol–water partition coefficient (Wildman–Crippen LogP) is 6.79. The molecule has 0 saturated carbocycles. The van der Waals surface area contributed by atoms with Gasteiger partial charge in [0.25, 0.3) is 0 Å². The summed E-state index contributed by atoms with van der Waals surface area (Å²) in [6.45, 7) is 6.78. The SMILES string of the molecule is CC.CCCOc1ccc(Oc2cccc(Oc3ccc(O)cc3)c2)cc1. The molecule has 0 bridgehead atoms. The monoisotopic (exact) mass is 366 g/mol. The Kier molecular flexibility index (Phi) is 8.04. The van der Waals surface area contributed by atoms with Gasteiger partial charge in [-0.25, -0.2) is 0 Å². The second-order valence-corrected chi connectivity index (χ2v) is 5.49. The fourth-order valence-electron chi connectivity index (χ4n) is 2.21. The number of aromatic hydroxyl groups is 1. The van der Waals surface area contributed by atoms with Crippen LogP contribution >= 0.6 is 0 Å². The molecule has 27 heavy (non-hydrogen) atoms. The largest absolute Gasteiger partial charge is 0.508 e. The normalized spacial score (nSPS) is 9.74. The van der Waals surface area contributed by atoms with E-state index in [2.05, 4.69) is 6.92 Å². The van der Waals surface area contributed by atoms with Gasteiger partial charge in [0.2, 0.25) is 0 Å². The van der Waals surface area contributed by atoms with E-state index in [0.29, 0.717) is 23.9 Å². The van der Waals surface area contributed by atoms with Gasteiger partial charge in [0.05, 0.1) is 6.61 Å². The number of benzene rings is 3. The van der Waals surface area contributed by atoms with Gasteiger partial charge in [-0.1, -0.05) is 26.8 Å². The molecule has 0 unspecified atom stereocenters. The topological polar surface area (TPSA) is 47.9 Å². The van der Waals surface area contributed by atoms with Crippen LogP contribution in [0.3, 0.4) is 0 Å². The van der Waals surface area contributed by atoms with E-state index in [-0.39, 0.29) is 5.75 Å². The molecule has 0 amide bonds. The molecule has 0 saturated heterocycles. The minimum absolute atomic E-state index is 0.204. The second-order valence-electron chi connectivity index (χ2n) is 5.49. The summed E-state index contributed by atoms with van der Waals surface area (Å²) >= 11 is 0. The summed E-state index contributed by atoms with van der Waals surface area (Å²) in [4.78, 5) is 0. The first-order valence-corrected chi connectivity index (χ1v) is 9.20. The Balaban J connectivity index is 0.00000126. The van der Waals surface area contributed by atoms with Gasteiger partial charge >= 0.3 is 0 Å². The molecular formula is C23H26O4. The first-order valence-electron chi connectivity index (χ1n) is 9.20. The van der Waals surface area contributed by atoms with Crippen molar-refractivity contribution >= 4 is 0 Å². The van der Waals surface area contributed by atoms with Crippen LogP contribution in [0.5, 0.6) is 34.5 Å².